The predicted octanol–water partition coefficient (Wildman–Crippen LogP) is 5.79. The van der Waals surface area contributed by atoms with Gasteiger partial charge >= 0.3 is 0 Å². The van der Waals surface area contributed by atoms with Crippen molar-refractivity contribution in [2.75, 3.05) is 17.1 Å². The molecule has 0 unspecified atom stereocenters. The average Bonchev–Trinajstić information content (AvgIpc) is 2.80. The molecule has 7 nitrogen and oxygen atoms in total. The van der Waals surface area contributed by atoms with Crippen molar-refractivity contribution in [2.45, 2.75) is 52.2 Å². The lowest BCUT2D eigenvalue weighted by Gasteiger charge is -2.33. The van der Waals surface area contributed by atoms with E-state index in [1.165, 1.54) is 23.1 Å². The Hall–Kier alpha value is -1.71. The summed E-state index contributed by atoms with van der Waals surface area (Å²) in [6, 6.07) is 8.42. The average molecular weight is 597 g/mol. The number of sulfonamides is 1. The second-order valence-corrected chi connectivity index (χ2v) is 11.9. The summed E-state index contributed by atoms with van der Waals surface area (Å²) >= 11 is 24.6. The Kier molecular flexibility index (Phi) is 11.2. The lowest BCUT2D eigenvalue weighted by atomic mass is 10.1. The smallest absolute Gasteiger partial charge is 0.244 e. The van der Waals surface area contributed by atoms with Gasteiger partial charge in [0.15, 0.2) is 0 Å². The van der Waals surface area contributed by atoms with E-state index in [1.54, 1.807) is 25.1 Å². The molecule has 0 heterocycles. The minimum absolute atomic E-state index is 0.00301. The molecule has 2 aromatic carbocycles. The highest BCUT2D eigenvalue weighted by atomic mass is 35.5. The maximum absolute atomic E-state index is 13.7. The molecule has 2 rings (SSSR count). The van der Waals surface area contributed by atoms with Crippen LogP contribution in [0.4, 0.5) is 5.69 Å². The van der Waals surface area contributed by atoms with Crippen LogP contribution in [0.3, 0.4) is 0 Å². The van der Waals surface area contributed by atoms with Gasteiger partial charge in [-0.3, -0.25) is 13.9 Å². The summed E-state index contributed by atoms with van der Waals surface area (Å²) in [5.74, 6) is -0.944. The lowest BCUT2D eigenvalue weighted by Crippen LogP contribution is -2.53. The second kappa shape index (κ2) is 13.2. The highest BCUT2D eigenvalue weighted by Gasteiger charge is 2.33. The van der Waals surface area contributed by atoms with Gasteiger partial charge in [0, 0.05) is 12.6 Å². The first-order valence-electron chi connectivity index (χ1n) is 11.3. The van der Waals surface area contributed by atoms with Crippen LogP contribution in [0.1, 0.15) is 39.2 Å². The molecule has 2 aromatic rings. The molecular weight excluding hydrogens is 568 g/mol. The highest BCUT2D eigenvalue weighted by Crippen LogP contribution is 2.34. The molecule has 2 amide bonds. The zero-order valence-electron chi connectivity index (χ0n) is 20.4. The van der Waals surface area contributed by atoms with E-state index in [-0.39, 0.29) is 34.2 Å². The number of anilines is 1. The van der Waals surface area contributed by atoms with Crippen molar-refractivity contribution in [3.05, 3.63) is 62.1 Å². The summed E-state index contributed by atoms with van der Waals surface area (Å²) in [4.78, 5) is 28.2. The van der Waals surface area contributed by atoms with Crippen molar-refractivity contribution in [3.63, 3.8) is 0 Å². The molecule has 0 spiro atoms. The Morgan fingerprint density at radius 1 is 0.972 bits per heavy atom. The van der Waals surface area contributed by atoms with Gasteiger partial charge in [0.25, 0.3) is 0 Å². The number of benzene rings is 2. The van der Waals surface area contributed by atoms with Crippen LogP contribution in [-0.2, 0) is 26.2 Å². The van der Waals surface area contributed by atoms with E-state index in [0.717, 1.165) is 10.6 Å². The van der Waals surface area contributed by atoms with Crippen molar-refractivity contribution >= 4 is 73.9 Å². The quantitative estimate of drug-likeness (QED) is 0.356. The van der Waals surface area contributed by atoms with E-state index in [1.807, 2.05) is 13.8 Å². The monoisotopic (exact) mass is 595 g/mol. The molecule has 2 atom stereocenters. The zero-order chi connectivity index (χ0) is 27.2. The van der Waals surface area contributed by atoms with Gasteiger partial charge < -0.3 is 10.2 Å². The van der Waals surface area contributed by atoms with Gasteiger partial charge in [-0.25, -0.2) is 8.42 Å². The summed E-state index contributed by atoms with van der Waals surface area (Å²) in [6.45, 7) is 4.99. The second-order valence-electron chi connectivity index (χ2n) is 8.35. The number of carbonyl (C=O) groups is 2. The number of nitrogens with zero attached hydrogens (tertiary/aromatic N) is 2. The molecule has 0 radical (unpaired) electrons. The van der Waals surface area contributed by atoms with Crippen LogP contribution in [0, 0.1) is 0 Å². The number of rotatable bonds is 11. The Labute approximate surface area is 232 Å². The Balaban J connectivity index is 2.51. The Morgan fingerprint density at radius 3 is 2.19 bits per heavy atom. The maximum Gasteiger partial charge on any atom is 0.244 e. The molecule has 0 fully saturated rings. The van der Waals surface area contributed by atoms with Gasteiger partial charge in [0.1, 0.15) is 12.6 Å². The zero-order valence-corrected chi connectivity index (χ0v) is 24.2. The minimum Gasteiger partial charge on any atom is -0.352 e. The molecule has 1 N–H and O–H groups in total. The predicted molar refractivity (Wildman–Crippen MR) is 148 cm³/mol. The summed E-state index contributed by atoms with van der Waals surface area (Å²) in [6.07, 6.45) is 1.97. The van der Waals surface area contributed by atoms with Crippen LogP contribution in [0.15, 0.2) is 36.4 Å². The third-order valence-electron chi connectivity index (χ3n) is 5.60. The van der Waals surface area contributed by atoms with Crippen LogP contribution < -0.4 is 9.62 Å². The number of halogens is 4. The molecule has 0 aliphatic carbocycles. The topological polar surface area (TPSA) is 86.8 Å². The molecule has 198 valence electrons. The van der Waals surface area contributed by atoms with Crippen LogP contribution in [0.5, 0.6) is 0 Å². The van der Waals surface area contributed by atoms with E-state index in [2.05, 4.69) is 5.32 Å². The Bertz CT molecular complexity index is 1210. The van der Waals surface area contributed by atoms with Crippen molar-refractivity contribution < 1.29 is 18.0 Å². The molecule has 36 heavy (non-hydrogen) atoms. The van der Waals surface area contributed by atoms with E-state index in [4.69, 9.17) is 46.4 Å². The van der Waals surface area contributed by atoms with Crippen LogP contribution in [-0.4, -0.2) is 50.0 Å². The van der Waals surface area contributed by atoms with Crippen LogP contribution in [0.2, 0.25) is 20.1 Å². The van der Waals surface area contributed by atoms with Gasteiger partial charge in [-0.1, -0.05) is 72.4 Å². The molecular formula is C24H29Cl4N3O4S. The fraction of sp³-hybridized carbons (Fsp3) is 0.417. The van der Waals surface area contributed by atoms with E-state index in [9.17, 15) is 18.0 Å². The van der Waals surface area contributed by atoms with E-state index in [0.29, 0.717) is 28.5 Å². The van der Waals surface area contributed by atoms with Crippen molar-refractivity contribution in [2.24, 2.45) is 0 Å². The van der Waals surface area contributed by atoms with E-state index < -0.39 is 28.5 Å². The van der Waals surface area contributed by atoms with Crippen molar-refractivity contribution in [1.29, 1.82) is 0 Å². The number of amides is 2. The molecule has 0 aliphatic rings. The minimum atomic E-state index is -3.94. The third-order valence-corrected chi connectivity index (χ3v) is 8.28. The molecule has 0 saturated carbocycles. The molecule has 0 aromatic heterocycles. The number of nitrogens with one attached hydrogen (secondary N) is 1. The fourth-order valence-corrected chi connectivity index (χ4v) is 5.10. The van der Waals surface area contributed by atoms with Crippen LogP contribution in [0.25, 0.3) is 0 Å². The highest BCUT2D eigenvalue weighted by molar-refractivity contribution is 7.92. The molecule has 0 aliphatic heterocycles. The first-order valence-corrected chi connectivity index (χ1v) is 14.6. The number of carbonyl (C=O) groups excluding carboxylic acids is 2. The van der Waals surface area contributed by atoms with Crippen molar-refractivity contribution in [3.8, 4) is 0 Å². The molecule has 0 bridgehead atoms. The summed E-state index contributed by atoms with van der Waals surface area (Å²) in [7, 11) is -3.94. The lowest BCUT2D eigenvalue weighted by molar-refractivity contribution is -0.140. The van der Waals surface area contributed by atoms with Gasteiger partial charge in [-0.15, -0.1) is 0 Å². The fourth-order valence-electron chi connectivity index (χ4n) is 3.48. The molecule has 12 heteroatoms. The summed E-state index contributed by atoms with van der Waals surface area (Å²) in [5, 5.41) is 3.68. The van der Waals surface area contributed by atoms with Crippen LogP contribution >= 0.6 is 46.4 Å². The summed E-state index contributed by atoms with van der Waals surface area (Å²) < 4.78 is 26.3. The summed E-state index contributed by atoms with van der Waals surface area (Å²) in [5.41, 5.74) is 0.686. The van der Waals surface area contributed by atoms with Gasteiger partial charge in [-0.05, 0) is 49.6 Å². The van der Waals surface area contributed by atoms with Gasteiger partial charge in [0.2, 0.25) is 21.8 Å². The van der Waals surface area contributed by atoms with Gasteiger partial charge in [0.05, 0.1) is 32.0 Å². The Morgan fingerprint density at radius 2 is 1.64 bits per heavy atom. The van der Waals surface area contributed by atoms with Gasteiger partial charge in [-0.2, -0.15) is 0 Å². The van der Waals surface area contributed by atoms with E-state index >= 15 is 0 Å². The first-order chi connectivity index (χ1) is 16.8. The van der Waals surface area contributed by atoms with Crippen molar-refractivity contribution in [1.82, 2.24) is 10.2 Å². The SMILES string of the molecule is CC[C@@H](C)NC(=O)[C@H](CC)N(Cc1ccc(Cl)c(Cl)c1)C(=O)CN(c1cccc(Cl)c1Cl)S(C)(=O)=O. The largest absolute Gasteiger partial charge is 0.352 e. The number of hydrogen-bond donors (Lipinski definition) is 1. The normalized spacial score (nSPS) is 13.1. The molecule has 0 saturated heterocycles. The first kappa shape index (κ1) is 30.5. The third kappa shape index (κ3) is 7.89. The maximum atomic E-state index is 13.7. The number of hydrogen-bond acceptors (Lipinski definition) is 4. The standard InChI is InChI=1S/C24H29Cl4N3O4S/c1-5-15(3)29-24(33)20(6-2)30(13-16-10-11-17(25)19(27)12-16)22(32)14-31(36(4,34)35)21-9-7-8-18(26)23(21)28/h7-12,15,20H,5-6,13-14H2,1-4H3,(H,29,33)/t15-,20+/m1/s1.